The Morgan fingerprint density at radius 2 is 1.63 bits per heavy atom. The molecule has 2 N–H and O–H groups in total. The molecular formula is C13H9BrF2N2S. The minimum atomic E-state index is -0.661. The predicted molar refractivity (Wildman–Crippen MR) is 80.3 cm³/mol. The molecule has 0 aromatic heterocycles. The Hall–Kier alpha value is -1.53. The molecule has 2 nitrogen and oxygen atoms in total. The molecule has 0 radical (unpaired) electrons. The van der Waals surface area contributed by atoms with Gasteiger partial charge in [-0.05, 0) is 52.4 Å². The lowest BCUT2D eigenvalue weighted by atomic mass is 10.3. The molecule has 0 unspecified atom stereocenters. The van der Waals surface area contributed by atoms with Crippen molar-refractivity contribution in [3.8, 4) is 0 Å². The summed E-state index contributed by atoms with van der Waals surface area (Å²) in [5.74, 6) is -1.32. The monoisotopic (exact) mass is 342 g/mol. The number of anilines is 2. The Morgan fingerprint density at radius 3 is 2.26 bits per heavy atom. The highest BCUT2D eigenvalue weighted by Gasteiger charge is 2.04. The van der Waals surface area contributed by atoms with Gasteiger partial charge in [0.15, 0.2) is 5.11 Å². The van der Waals surface area contributed by atoms with Crippen LogP contribution in [0.25, 0.3) is 0 Å². The van der Waals surface area contributed by atoms with Crippen molar-refractivity contribution in [2.24, 2.45) is 0 Å². The van der Waals surface area contributed by atoms with Crippen molar-refractivity contribution < 1.29 is 8.78 Å². The summed E-state index contributed by atoms with van der Waals surface area (Å²) in [6, 6.07) is 10.5. The molecule has 19 heavy (non-hydrogen) atoms. The average molecular weight is 343 g/mol. The molecule has 2 aromatic rings. The first-order chi connectivity index (χ1) is 9.04. The zero-order chi connectivity index (χ0) is 13.8. The maximum atomic E-state index is 13.0. The number of rotatable bonds is 2. The molecule has 98 valence electrons. The van der Waals surface area contributed by atoms with Crippen molar-refractivity contribution >= 4 is 44.6 Å². The van der Waals surface area contributed by atoms with E-state index in [2.05, 4.69) is 26.6 Å². The lowest BCUT2D eigenvalue weighted by molar-refractivity contribution is 0.584. The van der Waals surface area contributed by atoms with E-state index >= 15 is 0 Å². The van der Waals surface area contributed by atoms with Gasteiger partial charge in [-0.3, -0.25) is 0 Å². The first-order valence-electron chi connectivity index (χ1n) is 5.33. The molecule has 0 aliphatic carbocycles. The fourth-order valence-electron chi connectivity index (χ4n) is 1.47. The molecule has 0 bridgehead atoms. The van der Waals surface area contributed by atoms with Gasteiger partial charge in [-0.2, -0.15) is 0 Å². The Labute approximate surface area is 123 Å². The third-order valence-electron chi connectivity index (χ3n) is 2.24. The molecule has 0 aliphatic heterocycles. The molecule has 0 amide bonds. The van der Waals surface area contributed by atoms with Crippen molar-refractivity contribution in [1.29, 1.82) is 0 Å². The van der Waals surface area contributed by atoms with E-state index in [0.717, 1.165) is 28.4 Å². The number of hydrogen-bond acceptors (Lipinski definition) is 1. The molecule has 0 spiro atoms. The molecule has 2 rings (SSSR count). The van der Waals surface area contributed by atoms with E-state index in [-0.39, 0.29) is 10.8 Å². The molecule has 0 aliphatic rings. The van der Waals surface area contributed by atoms with Crippen LogP contribution in [-0.4, -0.2) is 5.11 Å². The van der Waals surface area contributed by atoms with E-state index in [1.54, 1.807) is 0 Å². The Morgan fingerprint density at radius 1 is 1.00 bits per heavy atom. The fourth-order valence-corrected chi connectivity index (χ4v) is 2.08. The summed E-state index contributed by atoms with van der Waals surface area (Å²) in [7, 11) is 0. The van der Waals surface area contributed by atoms with Gasteiger partial charge in [0.1, 0.15) is 11.6 Å². The summed E-state index contributed by atoms with van der Waals surface area (Å²) in [5.41, 5.74) is 1.01. The normalized spacial score (nSPS) is 10.1. The highest BCUT2D eigenvalue weighted by molar-refractivity contribution is 9.10. The third-order valence-corrected chi connectivity index (χ3v) is 3.14. The van der Waals surface area contributed by atoms with E-state index in [9.17, 15) is 8.78 Å². The van der Waals surface area contributed by atoms with Crippen LogP contribution in [0.15, 0.2) is 46.9 Å². The van der Waals surface area contributed by atoms with Gasteiger partial charge in [0, 0.05) is 16.2 Å². The largest absolute Gasteiger partial charge is 0.332 e. The summed E-state index contributed by atoms with van der Waals surface area (Å²) in [4.78, 5) is 0. The highest BCUT2D eigenvalue weighted by Crippen LogP contribution is 2.21. The summed E-state index contributed by atoms with van der Waals surface area (Å²) in [6.45, 7) is 0. The second-order valence-corrected chi connectivity index (χ2v) is 4.98. The number of para-hydroxylation sites is 1. The minimum Gasteiger partial charge on any atom is -0.332 e. The van der Waals surface area contributed by atoms with Crippen molar-refractivity contribution in [2.45, 2.75) is 0 Å². The van der Waals surface area contributed by atoms with Crippen molar-refractivity contribution in [1.82, 2.24) is 0 Å². The number of halogens is 3. The smallest absolute Gasteiger partial charge is 0.175 e. The van der Waals surface area contributed by atoms with E-state index in [4.69, 9.17) is 12.2 Å². The maximum Gasteiger partial charge on any atom is 0.175 e. The van der Waals surface area contributed by atoms with Crippen LogP contribution >= 0.6 is 28.1 Å². The van der Waals surface area contributed by atoms with E-state index in [1.165, 1.54) is 0 Å². The minimum absolute atomic E-state index is 0.247. The molecule has 0 saturated carbocycles. The molecule has 0 saturated heterocycles. The summed E-state index contributed by atoms with van der Waals surface area (Å²) < 4.78 is 26.9. The molecule has 6 heteroatoms. The molecule has 0 heterocycles. The zero-order valence-electron chi connectivity index (χ0n) is 9.58. The van der Waals surface area contributed by atoms with Crippen LogP contribution in [0, 0.1) is 11.6 Å². The van der Waals surface area contributed by atoms with Gasteiger partial charge in [0.25, 0.3) is 0 Å². The van der Waals surface area contributed by atoms with Gasteiger partial charge < -0.3 is 10.6 Å². The number of benzene rings is 2. The van der Waals surface area contributed by atoms with Crippen LogP contribution < -0.4 is 10.6 Å². The number of hydrogen-bond donors (Lipinski definition) is 2. The Balaban J connectivity index is 2.07. The van der Waals surface area contributed by atoms with Crippen molar-refractivity contribution in [2.75, 3.05) is 10.6 Å². The molecule has 0 atom stereocenters. The molecule has 2 aromatic carbocycles. The molecule has 0 fully saturated rings. The van der Waals surface area contributed by atoms with Gasteiger partial charge in [0.05, 0.1) is 5.69 Å². The quantitative estimate of drug-likeness (QED) is 0.783. The summed E-state index contributed by atoms with van der Waals surface area (Å²) in [6.07, 6.45) is 0. The Kier molecular flexibility index (Phi) is 4.44. The van der Waals surface area contributed by atoms with Gasteiger partial charge in [-0.15, -0.1) is 0 Å². The zero-order valence-corrected chi connectivity index (χ0v) is 12.0. The average Bonchev–Trinajstić information content (AvgIpc) is 2.30. The van der Waals surface area contributed by atoms with Crippen LogP contribution in [0.4, 0.5) is 20.2 Å². The number of nitrogens with one attached hydrogen (secondary N) is 2. The van der Waals surface area contributed by atoms with Gasteiger partial charge in [0.2, 0.25) is 0 Å². The summed E-state index contributed by atoms with van der Waals surface area (Å²) >= 11 is 8.44. The lowest BCUT2D eigenvalue weighted by Crippen LogP contribution is -2.19. The van der Waals surface area contributed by atoms with Gasteiger partial charge in [-0.25, -0.2) is 8.78 Å². The van der Waals surface area contributed by atoms with Crippen LogP contribution in [0.5, 0.6) is 0 Å². The second kappa shape index (κ2) is 6.08. The first kappa shape index (κ1) is 13.9. The Bertz CT molecular complexity index is 599. The highest BCUT2D eigenvalue weighted by atomic mass is 79.9. The first-order valence-corrected chi connectivity index (χ1v) is 6.53. The SMILES string of the molecule is Fc1cc(F)cc(NC(=S)Nc2ccccc2Br)c1. The van der Waals surface area contributed by atoms with E-state index in [0.29, 0.717) is 0 Å². The van der Waals surface area contributed by atoms with Crippen molar-refractivity contribution in [3.63, 3.8) is 0 Å². The summed E-state index contributed by atoms with van der Waals surface area (Å²) in [5, 5.41) is 5.89. The van der Waals surface area contributed by atoms with Crippen LogP contribution in [-0.2, 0) is 0 Å². The van der Waals surface area contributed by atoms with Crippen molar-refractivity contribution in [3.05, 3.63) is 58.6 Å². The second-order valence-electron chi connectivity index (χ2n) is 3.72. The number of thiocarbonyl (C=S) groups is 1. The van der Waals surface area contributed by atoms with E-state index in [1.807, 2.05) is 24.3 Å². The van der Waals surface area contributed by atoms with E-state index < -0.39 is 11.6 Å². The predicted octanol–water partition coefficient (Wildman–Crippen LogP) is 4.54. The maximum absolute atomic E-state index is 13.0. The topological polar surface area (TPSA) is 24.1 Å². The molecular weight excluding hydrogens is 334 g/mol. The van der Waals surface area contributed by atoms with Crippen LogP contribution in [0.2, 0.25) is 0 Å². The lowest BCUT2D eigenvalue weighted by Gasteiger charge is -2.11. The van der Waals surface area contributed by atoms with Crippen LogP contribution in [0.3, 0.4) is 0 Å². The van der Waals surface area contributed by atoms with Gasteiger partial charge >= 0.3 is 0 Å². The fraction of sp³-hybridized carbons (Fsp3) is 0. The van der Waals surface area contributed by atoms with Gasteiger partial charge in [-0.1, -0.05) is 12.1 Å². The third kappa shape index (κ3) is 3.97. The van der Waals surface area contributed by atoms with Crippen LogP contribution in [0.1, 0.15) is 0 Å². The standard InChI is InChI=1S/C13H9BrF2N2S/c14-11-3-1-2-4-12(11)18-13(19)17-10-6-8(15)5-9(16)7-10/h1-7H,(H2,17,18,19).